The molecule has 1 fully saturated rings. The second-order valence-electron chi connectivity index (χ2n) is 4.40. The molecular formula is C9H17NO2. The van der Waals surface area contributed by atoms with Gasteiger partial charge in [0.25, 0.3) is 0 Å². The van der Waals surface area contributed by atoms with Crippen molar-refractivity contribution in [3.05, 3.63) is 0 Å². The van der Waals surface area contributed by atoms with E-state index in [1.165, 1.54) is 0 Å². The standard InChI is InChI=1S/C9H17NO2/c1-6-5-10-7(6)8(11)12-9(2,3)4/h6-7,10H,5H2,1-4H3/t6-,7?/m0/s1. The molecular weight excluding hydrogens is 154 g/mol. The van der Waals surface area contributed by atoms with Gasteiger partial charge in [0, 0.05) is 6.54 Å². The van der Waals surface area contributed by atoms with E-state index in [4.69, 9.17) is 4.74 Å². The van der Waals surface area contributed by atoms with Gasteiger partial charge in [0.2, 0.25) is 0 Å². The summed E-state index contributed by atoms with van der Waals surface area (Å²) >= 11 is 0. The third-order valence-corrected chi connectivity index (χ3v) is 1.89. The lowest BCUT2D eigenvalue weighted by molar-refractivity contribution is -0.161. The van der Waals surface area contributed by atoms with Crippen LogP contribution in [0, 0.1) is 5.92 Å². The largest absolute Gasteiger partial charge is 0.459 e. The summed E-state index contributed by atoms with van der Waals surface area (Å²) in [7, 11) is 0. The number of ether oxygens (including phenoxy) is 1. The van der Waals surface area contributed by atoms with E-state index in [1.807, 2.05) is 27.7 Å². The van der Waals surface area contributed by atoms with Gasteiger partial charge in [0.05, 0.1) is 0 Å². The summed E-state index contributed by atoms with van der Waals surface area (Å²) in [6.07, 6.45) is 0. The molecule has 0 bridgehead atoms. The highest BCUT2D eigenvalue weighted by Crippen LogP contribution is 2.17. The Morgan fingerprint density at radius 1 is 1.50 bits per heavy atom. The van der Waals surface area contributed by atoms with Gasteiger partial charge in [0.1, 0.15) is 11.6 Å². The summed E-state index contributed by atoms with van der Waals surface area (Å²) in [5.41, 5.74) is -0.367. The molecule has 0 amide bonds. The molecule has 3 heteroatoms. The van der Waals surface area contributed by atoms with Crippen LogP contribution < -0.4 is 5.32 Å². The summed E-state index contributed by atoms with van der Waals surface area (Å²) in [5.74, 6) is 0.293. The van der Waals surface area contributed by atoms with Crippen molar-refractivity contribution < 1.29 is 9.53 Å². The second kappa shape index (κ2) is 3.05. The van der Waals surface area contributed by atoms with Crippen LogP contribution in [-0.4, -0.2) is 24.2 Å². The van der Waals surface area contributed by atoms with Crippen LogP contribution in [0.15, 0.2) is 0 Å². The number of rotatable bonds is 1. The van der Waals surface area contributed by atoms with E-state index in [-0.39, 0.29) is 17.6 Å². The van der Waals surface area contributed by atoms with Crippen LogP contribution in [0.3, 0.4) is 0 Å². The van der Waals surface area contributed by atoms with Crippen molar-refractivity contribution in [2.45, 2.75) is 39.3 Å². The van der Waals surface area contributed by atoms with Crippen molar-refractivity contribution >= 4 is 5.97 Å². The van der Waals surface area contributed by atoms with E-state index in [9.17, 15) is 4.79 Å². The van der Waals surface area contributed by atoms with Gasteiger partial charge in [-0.3, -0.25) is 4.79 Å². The minimum Gasteiger partial charge on any atom is -0.459 e. The Hall–Kier alpha value is -0.570. The van der Waals surface area contributed by atoms with Crippen LogP contribution in [0.4, 0.5) is 0 Å². The van der Waals surface area contributed by atoms with E-state index in [2.05, 4.69) is 5.32 Å². The zero-order valence-electron chi connectivity index (χ0n) is 8.18. The van der Waals surface area contributed by atoms with Crippen LogP contribution >= 0.6 is 0 Å². The quantitative estimate of drug-likeness (QED) is 0.597. The first-order chi connectivity index (χ1) is 5.40. The fraction of sp³-hybridized carbons (Fsp3) is 0.889. The third kappa shape index (κ3) is 2.21. The van der Waals surface area contributed by atoms with Crippen LogP contribution in [-0.2, 0) is 9.53 Å². The molecule has 1 heterocycles. The van der Waals surface area contributed by atoms with E-state index in [1.54, 1.807) is 0 Å². The summed E-state index contributed by atoms with van der Waals surface area (Å²) in [4.78, 5) is 11.4. The number of carbonyl (C=O) groups excluding carboxylic acids is 1. The molecule has 0 aromatic carbocycles. The lowest BCUT2D eigenvalue weighted by Crippen LogP contribution is -2.57. The smallest absolute Gasteiger partial charge is 0.323 e. The zero-order valence-corrected chi connectivity index (χ0v) is 8.18. The van der Waals surface area contributed by atoms with E-state index in [0.717, 1.165) is 6.54 Å². The number of hydrogen-bond acceptors (Lipinski definition) is 3. The topological polar surface area (TPSA) is 38.3 Å². The molecule has 1 N–H and O–H groups in total. The van der Waals surface area contributed by atoms with Gasteiger partial charge >= 0.3 is 5.97 Å². The summed E-state index contributed by atoms with van der Waals surface area (Å²) < 4.78 is 5.21. The molecule has 1 rings (SSSR count). The maximum atomic E-state index is 11.4. The van der Waals surface area contributed by atoms with E-state index >= 15 is 0 Å². The van der Waals surface area contributed by atoms with Crippen molar-refractivity contribution in [2.24, 2.45) is 5.92 Å². The average Bonchev–Trinajstić information content (AvgIpc) is 1.79. The maximum absolute atomic E-state index is 11.4. The average molecular weight is 171 g/mol. The first kappa shape index (κ1) is 9.52. The van der Waals surface area contributed by atoms with Crippen LogP contribution in [0.25, 0.3) is 0 Å². The van der Waals surface area contributed by atoms with Crippen LogP contribution in [0.1, 0.15) is 27.7 Å². The first-order valence-electron chi connectivity index (χ1n) is 4.36. The molecule has 70 valence electrons. The van der Waals surface area contributed by atoms with E-state index in [0.29, 0.717) is 5.92 Å². The van der Waals surface area contributed by atoms with Gasteiger partial charge in [-0.15, -0.1) is 0 Å². The van der Waals surface area contributed by atoms with Crippen molar-refractivity contribution in [1.82, 2.24) is 5.32 Å². The molecule has 0 saturated carbocycles. The Labute approximate surface area is 73.5 Å². The normalized spacial score (nSPS) is 29.3. The number of hydrogen-bond donors (Lipinski definition) is 1. The van der Waals surface area contributed by atoms with Gasteiger partial charge in [-0.1, -0.05) is 6.92 Å². The fourth-order valence-corrected chi connectivity index (χ4v) is 1.15. The second-order valence-corrected chi connectivity index (χ2v) is 4.40. The maximum Gasteiger partial charge on any atom is 0.323 e. The van der Waals surface area contributed by atoms with Crippen LogP contribution in [0.2, 0.25) is 0 Å². The minimum absolute atomic E-state index is 0.0794. The first-order valence-corrected chi connectivity index (χ1v) is 4.36. The predicted octanol–water partition coefficient (Wildman–Crippen LogP) is 0.936. The van der Waals surface area contributed by atoms with Gasteiger partial charge in [-0.2, -0.15) is 0 Å². The molecule has 0 aliphatic carbocycles. The molecule has 3 nitrogen and oxygen atoms in total. The summed E-state index contributed by atoms with van der Waals surface area (Å²) in [6, 6.07) is -0.0794. The Bertz CT molecular complexity index is 183. The molecule has 12 heavy (non-hydrogen) atoms. The number of esters is 1. The molecule has 1 aliphatic heterocycles. The highest BCUT2D eigenvalue weighted by Gasteiger charge is 2.35. The zero-order chi connectivity index (χ0) is 9.35. The van der Waals surface area contributed by atoms with Gasteiger partial charge in [-0.25, -0.2) is 0 Å². The highest BCUT2D eigenvalue weighted by atomic mass is 16.6. The molecule has 0 aromatic heterocycles. The third-order valence-electron chi connectivity index (χ3n) is 1.89. The molecule has 0 spiro atoms. The van der Waals surface area contributed by atoms with Crippen molar-refractivity contribution in [1.29, 1.82) is 0 Å². The molecule has 2 atom stereocenters. The van der Waals surface area contributed by atoms with Gasteiger partial charge < -0.3 is 10.1 Å². The Morgan fingerprint density at radius 2 is 2.08 bits per heavy atom. The lowest BCUT2D eigenvalue weighted by Gasteiger charge is -2.35. The number of carbonyl (C=O) groups is 1. The Balaban J connectivity index is 2.39. The Morgan fingerprint density at radius 3 is 2.33 bits per heavy atom. The summed E-state index contributed by atoms with van der Waals surface area (Å²) in [6.45, 7) is 8.62. The van der Waals surface area contributed by atoms with Gasteiger partial charge in [-0.05, 0) is 26.7 Å². The van der Waals surface area contributed by atoms with Crippen LogP contribution in [0.5, 0.6) is 0 Å². The van der Waals surface area contributed by atoms with Gasteiger partial charge in [0.15, 0.2) is 0 Å². The highest BCUT2D eigenvalue weighted by molar-refractivity contribution is 5.77. The molecule has 0 radical (unpaired) electrons. The SMILES string of the molecule is C[C@H]1CNC1C(=O)OC(C)(C)C. The molecule has 1 saturated heterocycles. The molecule has 1 unspecified atom stereocenters. The lowest BCUT2D eigenvalue weighted by atomic mass is 9.94. The molecule has 1 aliphatic rings. The van der Waals surface area contributed by atoms with E-state index < -0.39 is 0 Å². The monoisotopic (exact) mass is 171 g/mol. The molecule has 0 aromatic rings. The summed E-state index contributed by atoms with van der Waals surface area (Å²) in [5, 5.41) is 3.04. The van der Waals surface area contributed by atoms with Crippen molar-refractivity contribution in [3.63, 3.8) is 0 Å². The Kier molecular flexibility index (Phi) is 2.42. The minimum atomic E-state index is -0.367. The van der Waals surface area contributed by atoms with Crippen molar-refractivity contribution in [3.8, 4) is 0 Å². The van der Waals surface area contributed by atoms with Crippen molar-refractivity contribution in [2.75, 3.05) is 6.54 Å². The predicted molar refractivity (Wildman–Crippen MR) is 46.8 cm³/mol. The number of nitrogens with one attached hydrogen (secondary N) is 1. The fourth-order valence-electron chi connectivity index (χ4n) is 1.15.